The number of halogens is 1. The van der Waals surface area contributed by atoms with E-state index in [1.807, 2.05) is 38.1 Å². The molecule has 0 aliphatic carbocycles. The zero-order chi connectivity index (χ0) is 13.1. The first-order valence-corrected chi connectivity index (χ1v) is 6.45. The Balaban J connectivity index is 2.11. The summed E-state index contributed by atoms with van der Waals surface area (Å²) in [7, 11) is 0. The smallest absolute Gasteiger partial charge is 0.123 e. The molecule has 3 nitrogen and oxygen atoms in total. The molecular formula is C14H15BrN2O. The minimum absolute atomic E-state index is 0.493. The Morgan fingerprint density at radius 2 is 1.89 bits per heavy atom. The fourth-order valence-corrected chi connectivity index (χ4v) is 1.97. The van der Waals surface area contributed by atoms with E-state index < -0.39 is 0 Å². The molecule has 0 aliphatic rings. The molecule has 0 radical (unpaired) electrons. The number of nitrogens with two attached hydrogens (primary N) is 1. The van der Waals surface area contributed by atoms with Gasteiger partial charge in [0.25, 0.3) is 0 Å². The monoisotopic (exact) mass is 306 g/mol. The van der Waals surface area contributed by atoms with Gasteiger partial charge in [-0.15, -0.1) is 0 Å². The van der Waals surface area contributed by atoms with E-state index in [4.69, 9.17) is 10.5 Å². The lowest BCUT2D eigenvalue weighted by molar-refractivity contribution is 0.305. The van der Waals surface area contributed by atoms with Crippen LogP contribution in [0.4, 0.5) is 5.82 Å². The molecular weight excluding hydrogens is 292 g/mol. The number of aryl methyl sites for hydroxylation is 2. The molecule has 0 atom stereocenters. The van der Waals surface area contributed by atoms with E-state index >= 15 is 0 Å². The van der Waals surface area contributed by atoms with Gasteiger partial charge in [-0.2, -0.15) is 0 Å². The molecule has 1 aromatic heterocycles. The number of ether oxygens (including phenoxy) is 1. The average Bonchev–Trinajstić information content (AvgIpc) is 2.33. The molecule has 94 valence electrons. The highest BCUT2D eigenvalue weighted by atomic mass is 79.9. The van der Waals surface area contributed by atoms with Crippen LogP contribution < -0.4 is 10.5 Å². The third-order valence-electron chi connectivity index (χ3n) is 2.66. The fraction of sp³-hybridized carbons (Fsp3) is 0.214. The molecule has 2 N–H and O–H groups in total. The van der Waals surface area contributed by atoms with Gasteiger partial charge < -0.3 is 10.5 Å². The van der Waals surface area contributed by atoms with Gasteiger partial charge in [-0.3, -0.25) is 0 Å². The van der Waals surface area contributed by atoms with Gasteiger partial charge in [0.05, 0.1) is 0 Å². The second-order valence-corrected chi connectivity index (χ2v) is 5.04. The van der Waals surface area contributed by atoms with Crippen molar-refractivity contribution >= 4 is 21.7 Å². The van der Waals surface area contributed by atoms with Crippen LogP contribution in [0, 0.1) is 13.8 Å². The van der Waals surface area contributed by atoms with E-state index in [-0.39, 0.29) is 0 Å². The summed E-state index contributed by atoms with van der Waals surface area (Å²) in [5.74, 6) is 1.38. The van der Waals surface area contributed by atoms with Crippen molar-refractivity contribution < 1.29 is 4.74 Å². The van der Waals surface area contributed by atoms with Crippen LogP contribution in [0.15, 0.2) is 34.9 Å². The van der Waals surface area contributed by atoms with Crippen LogP contribution in [-0.2, 0) is 6.61 Å². The summed E-state index contributed by atoms with van der Waals surface area (Å²) in [6.07, 6.45) is 1.69. The van der Waals surface area contributed by atoms with Crippen molar-refractivity contribution in [1.82, 2.24) is 4.98 Å². The molecule has 2 rings (SSSR count). The Kier molecular flexibility index (Phi) is 3.87. The molecule has 0 saturated carbocycles. The number of nitrogens with zero attached hydrogens (tertiary/aromatic N) is 1. The first-order chi connectivity index (χ1) is 8.56. The molecule has 0 bridgehead atoms. The predicted molar refractivity (Wildman–Crippen MR) is 76.6 cm³/mol. The molecule has 0 saturated heterocycles. The van der Waals surface area contributed by atoms with Gasteiger partial charge >= 0.3 is 0 Å². The van der Waals surface area contributed by atoms with E-state index in [1.165, 1.54) is 11.1 Å². The normalized spacial score (nSPS) is 10.4. The number of nitrogen functional groups attached to an aromatic ring is 1. The third kappa shape index (κ3) is 3.01. The summed E-state index contributed by atoms with van der Waals surface area (Å²) in [6, 6.07) is 7.75. The molecule has 0 aliphatic heterocycles. The molecule has 2 aromatic rings. The van der Waals surface area contributed by atoms with Crippen LogP contribution >= 0.6 is 15.9 Å². The van der Waals surface area contributed by atoms with Crippen LogP contribution in [0.3, 0.4) is 0 Å². The molecule has 0 spiro atoms. The Bertz CT molecular complexity index is 546. The molecule has 0 amide bonds. The zero-order valence-corrected chi connectivity index (χ0v) is 12.0. The molecule has 4 heteroatoms. The van der Waals surface area contributed by atoms with Gasteiger partial charge in [-0.05, 0) is 54.8 Å². The molecule has 0 unspecified atom stereocenters. The Morgan fingerprint density at radius 1 is 1.22 bits per heavy atom. The van der Waals surface area contributed by atoms with E-state index in [9.17, 15) is 0 Å². The summed E-state index contributed by atoms with van der Waals surface area (Å²) in [5.41, 5.74) is 8.97. The number of rotatable bonds is 3. The van der Waals surface area contributed by atoms with Crippen LogP contribution in [0.5, 0.6) is 5.75 Å². The Morgan fingerprint density at radius 3 is 2.50 bits per heavy atom. The van der Waals surface area contributed by atoms with Crippen LogP contribution in [0.25, 0.3) is 0 Å². The van der Waals surface area contributed by atoms with Crippen LogP contribution in [-0.4, -0.2) is 4.98 Å². The minimum atomic E-state index is 0.493. The highest BCUT2D eigenvalue weighted by Gasteiger charge is 2.03. The van der Waals surface area contributed by atoms with Gasteiger partial charge in [0, 0.05) is 10.7 Å². The zero-order valence-electron chi connectivity index (χ0n) is 10.4. The lowest BCUT2D eigenvalue weighted by Crippen LogP contribution is -1.98. The predicted octanol–water partition coefficient (Wildman–Crippen LogP) is 3.62. The molecule has 0 fully saturated rings. The van der Waals surface area contributed by atoms with Crippen molar-refractivity contribution in [3.8, 4) is 5.75 Å². The lowest BCUT2D eigenvalue weighted by atomic mass is 10.1. The number of pyridine rings is 1. The lowest BCUT2D eigenvalue weighted by Gasteiger charge is -2.10. The quantitative estimate of drug-likeness (QED) is 0.942. The Labute approximate surface area is 115 Å². The number of hydrogen-bond donors (Lipinski definition) is 1. The van der Waals surface area contributed by atoms with Crippen molar-refractivity contribution in [3.63, 3.8) is 0 Å². The standard InChI is InChI=1S/C14H15BrN2O/c1-9-5-12(6-10(2)14(9)15)18-8-11-3-4-17-13(16)7-11/h3-7H,8H2,1-2H3,(H2,16,17). The highest BCUT2D eigenvalue weighted by Crippen LogP contribution is 2.26. The van der Waals surface area contributed by atoms with E-state index in [0.717, 1.165) is 15.8 Å². The van der Waals surface area contributed by atoms with Gasteiger partial charge in [-0.1, -0.05) is 15.9 Å². The number of aromatic nitrogens is 1. The Hall–Kier alpha value is -1.55. The summed E-state index contributed by atoms with van der Waals surface area (Å²) in [6.45, 7) is 4.59. The maximum absolute atomic E-state index is 5.76. The average molecular weight is 307 g/mol. The van der Waals surface area contributed by atoms with Gasteiger partial charge in [-0.25, -0.2) is 4.98 Å². The van der Waals surface area contributed by atoms with E-state index in [1.54, 1.807) is 6.20 Å². The maximum atomic E-state index is 5.76. The SMILES string of the molecule is Cc1cc(OCc2ccnc(N)c2)cc(C)c1Br. The summed E-state index contributed by atoms with van der Waals surface area (Å²) in [4.78, 5) is 3.95. The second-order valence-electron chi connectivity index (χ2n) is 4.25. The summed E-state index contributed by atoms with van der Waals surface area (Å²) >= 11 is 3.54. The molecule has 1 heterocycles. The van der Waals surface area contributed by atoms with Crippen molar-refractivity contribution in [1.29, 1.82) is 0 Å². The van der Waals surface area contributed by atoms with E-state index in [2.05, 4.69) is 20.9 Å². The summed E-state index contributed by atoms with van der Waals surface area (Å²) in [5, 5.41) is 0. The molecule has 18 heavy (non-hydrogen) atoms. The number of anilines is 1. The fourth-order valence-electron chi connectivity index (χ4n) is 1.74. The van der Waals surface area contributed by atoms with Crippen molar-refractivity contribution in [2.24, 2.45) is 0 Å². The van der Waals surface area contributed by atoms with Gasteiger partial charge in [0.15, 0.2) is 0 Å². The van der Waals surface area contributed by atoms with Crippen LogP contribution in [0.1, 0.15) is 16.7 Å². The van der Waals surface area contributed by atoms with Gasteiger partial charge in [0.2, 0.25) is 0 Å². The van der Waals surface area contributed by atoms with Gasteiger partial charge in [0.1, 0.15) is 18.2 Å². The molecule has 1 aromatic carbocycles. The number of benzene rings is 1. The van der Waals surface area contributed by atoms with Crippen molar-refractivity contribution in [3.05, 3.63) is 51.6 Å². The first kappa shape index (κ1) is 12.9. The largest absolute Gasteiger partial charge is 0.489 e. The third-order valence-corrected chi connectivity index (χ3v) is 3.91. The van der Waals surface area contributed by atoms with Crippen molar-refractivity contribution in [2.45, 2.75) is 20.5 Å². The van der Waals surface area contributed by atoms with E-state index in [0.29, 0.717) is 12.4 Å². The first-order valence-electron chi connectivity index (χ1n) is 5.66. The number of hydrogen-bond acceptors (Lipinski definition) is 3. The van der Waals surface area contributed by atoms with Crippen molar-refractivity contribution in [2.75, 3.05) is 5.73 Å². The minimum Gasteiger partial charge on any atom is -0.489 e. The summed E-state index contributed by atoms with van der Waals surface area (Å²) < 4.78 is 6.89. The highest BCUT2D eigenvalue weighted by molar-refractivity contribution is 9.10. The maximum Gasteiger partial charge on any atom is 0.123 e. The second kappa shape index (κ2) is 5.40. The van der Waals surface area contributed by atoms with Crippen LogP contribution in [0.2, 0.25) is 0 Å². The topological polar surface area (TPSA) is 48.1 Å².